The molecule has 1 aliphatic carbocycles. The Kier molecular flexibility index (Phi) is 5.03. The van der Waals surface area contributed by atoms with Crippen LogP contribution >= 0.6 is 0 Å². The van der Waals surface area contributed by atoms with Crippen LogP contribution in [0.4, 0.5) is 0 Å². The lowest BCUT2D eigenvalue weighted by atomic mass is 9.93. The van der Waals surface area contributed by atoms with E-state index >= 15 is 0 Å². The minimum atomic E-state index is 0.190. The minimum absolute atomic E-state index is 0.190. The number of amides is 1. The van der Waals surface area contributed by atoms with Crippen LogP contribution in [0.1, 0.15) is 50.2 Å². The summed E-state index contributed by atoms with van der Waals surface area (Å²) < 4.78 is 5.05. The first kappa shape index (κ1) is 17.0. The first-order valence-electron chi connectivity index (χ1n) is 9.73. The smallest absolute Gasteiger partial charge is 0.224 e. The summed E-state index contributed by atoms with van der Waals surface area (Å²) in [4.78, 5) is 21.6. The molecule has 2 aliphatic heterocycles. The molecule has 1 aromatic heterocycles. The van der Waals surface area contributed by atoms with Gasteiger partial charge in [-0.25, -0.2) is 0 Å². The summed E-state index contributed by atoms with van der Waals surface area (Å²) >= 11 is 0. The van der Waals surface area contributed by atoms with Crippen molar-refractivity contribution in [2.45, 2.75) is 64.1 Å². The second kappa shape index (κ2) is 7.41. The zero-order valence-corrected chi connectivity index (χ0v) is 15.1. The van der Waals surface area contributed by atoms with Crippen molar-refractivity contribution in [3.05, 3.63) is 11.7 Å². The molecule has 1 N–H and O–H groups in total. The number of carbonyl (C=O) groups is 1. The largest absolute Gasteiger partial charge is 0.353 e. The van der Waals surface area contributed by atoms with Crippen LogP contribution in [-0.2, 0) is 11.3 Å². The van der Waals surface area contributed by atoms with E-state index in [9.17, 15) is 4.79 Å². The second-order valence-corrected chi connectivity index (χ2v) is 7.85. The number of aromatic nitrogens is 2. The molecule has 2 saturated heterocycles. The lowest BCUT2D eigenvalue weighted by Gasteiger charge is -2.41. The number of carbonyl (C=O) groups excluding carboxylic acids is 1. The minimum Gasteiger partial charge on any atom is -0.353 e. The maximum absolute atomic E-state index is 12.4. The average molecular weight is 347 g/mol. The lowest BCUT2D eigenvalue weighted by Crippen LogP contribution is -2.50. The van der Waals surface area contributed by atoms with Crippen LogP contribution in [0.25, 0.3) is 0 Å². The van der Waals surface area contributed by atoms with E-state index in [4.69, 9.17) is 4.52 Å². The molecule has 0 aromatic carbocycles. The highest BCUT2D eigenvalue weighted by atomic mass is 16.5. The van der Waals surface area contributed by atoms with Gasteiger partial charge in [-0.15, -0.1) is 0 Å². The number of rotatable bonds is 5. The molecule has 1 saturated carbocycles. The Labute approximate surface area is 149 Å². The summed E-state index contributed by atoms with van der Waals surface area (Å²) in [5, 5.41) is 7.18. The van der Waals surface area contributed by atoms with Gasteiger partial charge >= 0.3 is 0 Å². The molecule has 4 rings (SSSR count). The predicted molar refractivity (Wildman–Crippen MR) is 92.8 cm³/mol. The molecule has 7 nitrogen and oxygen atoms in total. The van der Waals surface area contributed by atoms with Crippen LogP contribution in [0.5, 0.6) is 0 Å². The van der Waals surface area contributed by atoms with Crippen molar-refractivity contribution in [2.75, 3.05) is 26.2 Å². The van der Waals surface area contributed by atoms with Gasteiger partial charge in [0.25, 0.3) is 0 Å². The molecule has 3 aliphatic rings. The molecule has 1 aromatic rings. The molecule has 0 spiro atoms. The standard InChI is InChI=1S/C18H29N5O2/c1-13-19-17(21-25-13)12-22-9-6-16(7-10-22)23-8-2-3-14(11-23)18(24)20-15-4-5-15/h14-16H,2-12H2,1H3,(H,20,24). The zero-order valence-electron chi connectivity index (χ0n) is 15.1. The normalized spacial score (nSPS) is 26.7. The number of hydrogen-bond acceptors (Lipinski definition) is 6. The third-order valence-corrected chi connectivity index (χ3v) is 5.76. The monoisotopic (exact) mass is 347 g/mol. The van der Waals surface area contributed by atoms with Crippen molar-refractivity contribution in [1.82, 2.24) is 25.3 Å². The number of likely N-dealkylation sites (tertiary alicyclic amines) is 2. The summed E-state index contributed by atoms with van der Waals surface area (Å²) in [6, 6.07) is 1.08. The van der Waals surface area contributed by atoms with Crippen molar-refractivity contribution < 1.29 is 9.32 Å². The van der Waals surface area contributed by atoms with E-state index in [1.807, 2.05) is 6.92 Å². The van der Waals surface area contributed by atoms with E-state index in [1.54, 1.807) is 0 Å². The molecule has 3 heterocycles. The molecule has 0 radical (unpaired) electrons. The Hall–Kier alpha value is -1.47. The Morgan fingerprint density at radius 1 is 1.20 bits per heavy atom. The zero-order chi connectivity index (χ0) is 17.2. The first-order chi connectivity index (χ1) is 12.2. The topological polar surface area (TPSA) is 74.5 Å². The predicted octanol–water partition coefficient (Wildman–Crippen LogP) is 1.33. The van der Waals surface area contributed by atoms with Gasteiger partial charge in [-0.05, 0) is 45.1 Å². The molecule has 1 amide bonds. The van der Waals surface area contributed by atoms with Crippen LogP contribution < -0.4 is 5.32 Å². The average Bonchev–Trinajstić information content (AvgIpc) is 3.35. The maximum Gasteiger partial charge on any atom is 0.224 e. The third kappa shape index (κ3) is 4.39. The van der Waals surface area contributed by atoms with Gasteiger partial charge in [0.15, 0.2) is 5.82 Å². The Morgan fingerprint density at radius 2 is 2.00 bits per heavy atom. The molecular weight excluding hydrogens is 318 g/mol. The van der Waals surface area contributed by atoms with Gasteiger partial charge in [0, 0.05) is 38.6 Å². The van der Waals surface area contributed by atoms with Crippen molar-refractivity contribution in [3.8, 4) is 0 Å². The summed E-state index contributed by atoms with van der Waals surface area (Å²) in [5.41, 5.74) is 0. The number of hydrogen-bond donors (Lipinski definition) is 1. The summed E-state index contributed by atoms with van der Waals surface area (Å²) in [5.74, 6) is 1.89. The number of nitrogens with zero attached hydrogens (tertiary/aromatic N) is 4. The van der Waals surface area contributed by atoms with E-state index in [-0.39, 0.29) is 11.8 Å². The van der Waals surface area contributed by atoms with Gasteiger partial charge in [0.1, 0.15) is 0 Å². The van der Waals surface area contributed by atoms with E-state index in [0.29, 0.717) is 18.0 Å². The van der Waals surface area contributed by atoms with Crippen molar-refractivity contribution >= 4 is 5.91 Å². The van der Waals surface area contributed by atoms with Gasteiger partial charge in [0.05, 0.1) is 12.5 Å². The molecule has 3 fully saturated rings. The summed E-state index contributed by atoms with van der Waals surface area (Å²) in [6.07, 6.45) is 6.85. The Bertz CT molecular complexity index is 592. The van der Waals surface area contributed by atoms with E-state index in [2.05, 4.69) is 25.3 Å². The molecular formula is C18H29N5O2. The van der Waals surface area contributed by atoms with Crippen LogP contribution in [0.3, 0.4) is 0 Å². The lowest BCUT2D eigenvalue weighted by molar-refractivity contribution is -0.127. The fourth-order valence-electron chi connectivity index (χ4n) is 4.15. The van der Waals surface area contributed by atoms with Crippen LogP contribution in [0.15, 0.2) is 4.52 Å². The molecule has 7 heteroatoms. The van der Waals surface area contributed by atoms with Crippen LogP contribution in [0.2, 0.25) is 0 Å². The molecule has 1 atom stereocenters. The van der Waals surface area contributed by atoms with E-state index < -0.39 is 0 Å². The summed E-state index contributed by atoms with van der Waals surface area (Å²) in [6.45, 7) is 6.81. The van der Waals surface area contributed by atoms with Crippen LogP contribution in [-0.4, -0.2) is 64.1 Å². The second-order valence-electron chi connectivity index (χ2n) is 7.85. The quantitative estimate of drug-likeness (QED) is 0.866. The van der Waals surface area contributed by atoms with Gasteiger partial charge < -0.3 is 9.84 Å². The van der Waals surface area contributed by atoms with E-state index in [0.717, 1.165) is 64.2 Å². The fraction of sp³-hybridized carbons (Fsp3) is 0.833. The van der Waals surface area contributed by atoms with Gasteiger partial charge in [0.2, 0.25) is 11.8 Å². The SMILES string of the molecule is Cc1nc(CN2CCC(N3CCCC(C(=O)NC4CC4)C3)CC2)no1. The van der Waals surface area contributed by atoms with Crippen molar-refractivity contribution in [1.29, 1.82) is 0 Å². The Balaban J connectivity index is 1.24. The third-order valence-electron chi connectivity index (χ3n) is 5.76. The Morgan fingerprint density at radius 3 is 2.68 bits per heavy atom. The number of aryl methyl sites for hydroxylation is 1. The van der Waals surface area contributed by atoms with Gasteiger partial charge in [-0.3, -0.25) is 14.6 Å². The van der Waals surface area contributed by atoms with Crippen molar-refractivity contribution in [2.24, 2.45) is 5.92 Å². The molecule has 0 bridgehead atoms. The fourth-order valence-corrected chi connectivity index (χ4v) is 4.15. The molecule has 138 valence electrons. The van der Waals surface area contributed by atoms with Gasteiger partial charge in [-0.2, -0.15) is 4.98 Å². The number of nitrogens with one attached hydrogen (secondary N) is 1. The summed E-state index contributed by atoms with van der Waals surface area (Å²) in [7, 11) is 0. The van der Waals surface area contributed by atoms with Crippen molar-refractivity contribution in [3.63, 3.8) is 0 Å². The highest BCUT2D eigenvalue weighted by Gasteiger charge is 2.33. The maximum atomic E-state index is 12.4. The van der Waals surface area contributed by atoms with Crippen LogP contribution in [0, 0.1) is 12.8 Å². The van der Waals surface area contributed by atoms with E-state index in [1.165, 1.54) is 12.8 Å². The highest BCUT2D eigenvalue weighted by Crippen LogP contribution is 2.26. The number of piperidine rings is 2. The highest BCUT2D eigenvalue weighted by molar-refractivity contribution is 5.79. The molecule has 25 heavy (non-hydrogen) atoms. The first-order valence-corrected chi connectivity index (χ1v) is 9.73. The molecule has 1 unspecified atom stereocenters. The van der Waals surface area contributed by atoms with Gasteiger partial charge in [-0.1, -0.05) is 5.16 Å².